The standard InChI is InChI=1S/C22H20N2O3/c1-26-21-12-17(25)8-9-18(21)22-23-19-10-7-16(11-20(19)24-22)14-27-13-15-5-3-2-4-6-15/h2-12,25H,13-14H2,1H3,(H,23,24). The van der Waals surface area contributed by atoms with E-state index in [9.17, 15) is 5.11 Å². The molecule has 1 aromatic heterocycles. The minimum absolute atomic E-state index is 0.157. The van der Waals surface area contributed by atoms with Crippen LogP contribution in [0.25, 0.3) is 22.4 Å². The van der Waals surface area contributed by atoms with Gasteiger partial charge in [-0.1, -0.05) is 36.4 Å². The van der Waals surface area contributed by atoms with Gasteiger partial charge in [0.25, 0.3) is 0 Å². The first-order valence-corrected chi connectivity index (χ1v) is 8.70. The molecule has 0 aliphatic rings. The van der Waals surface area contributed by atoms with E-state index in [1.54, 1.807) is 25.3 Å². The number of nitrogens with one attached hydrogen (secondary N) is 1. The number of rotatable bonds is 6. The molecule has 0 radical (unpaired) electrons. The first-order chi connectivity index (χ1) is 13.2. The van der Waals surface area contributed by atoms with Crippen LogP contribution in [0.15, 0.2) is 66.7 Å². The van der Waals surface area contributed by atoms with Crippen LogP contribution in [0.1, 0.15) is 11.1 Å². The number of aromatic nitrogens is 2. The van der Waals surface area contributed by atoms with Gasteiger partial charge in [-0.05, 0) is 35.4 Å². The minimum Gasteiger partial charge on any atom is -0.508 e. The van der Waals surface area contributed by atoms with E-state index in [0.29, 0.717) is 24.8 Å². The zero-order valence-electron chi connectivity index (χ0n) is 15.0. The van der Waals surface area contributed by atoms with Crippen molar-refractivity contribution in [1.82, 2.24) is 9.97 Å². The van der Waals surface area contributed by atoms with Crippen molar-refractivity contribution < 1.29 is 14.6 Å². The highest BCUT2D eigenvalue weighted by molar-refractivity contribution is 5.81. The molecule has 0 saturated carbocycles. The molecule has 5 nitrogen and oxygen atoms in total. The normalized spacial score (nSPS) is 11.0. The summed E-state index contributed by atoms with van der Waals surface area (Å²) >= 11 is 0. The number of nitrogens with zero attached hydrogens (tertiary/aromatic N) is 1. The number of fused-ring (bicyclic) bond motifs is 1. The maximum absolute atomic E-state index is 9.63. The lowest BCUT2D eigenvalue weighted by atomic mass is 10.2. The van der Waals surface area contributed by atoms with E-state index in [1.807, 2.05) is 36.4 Å². The van der Waals surface area contributed by atoms with E-state index in [4.69, 9.17) is 9.47 Å². The Morgan fingerprint density at radius 2 is 1.74 bits per heavy atom. The Bertz CT molecular complexity index is 1060. The Hall–Kier alpha value is -3.31. The van der Waals surface area contributed by atoms with Gasteiger partial charge in [0.05, 0.1) is 36.9 Å². The molecular weight excluding hydrogens is 340 g/mol. The smallest absolute Gasteiger partial charge is 0.142 e. The van der Waals surface area contributed by atoms with Crippen LogP contribution in [-0.4, -0.2) is 22.2 Å². The monoisotopic (exact) mass is 360 g/mol. The molecule has 0 bridgehead atoms. The average molecular weight is 360 g/mol. The van der Waals surface area contributed by atoms with Gasteiger partial charge < -0.3 is 19.6 Å². The molecule has 0 unspecified atom stereocenters. The van der Waals surface area contributed by atoms with Crippen molar-refractivity contribution in [2.45, 2.75) is 13.2 Å². The Labute approximate surface area is 157 Å². The summed E-state index contributed by atoms with van der Waals surface area (Å²) in [5.74, 6) is 1.43. The summed E-state index contributed by atoms with van der Waals surface area (Å²) in [4.78, 5) is 7.96. The Kier molecular flexibility index (Phi) is 4.77. The molecule has 27 heavy (non-hydrogen) atoms. The van der Waals surface area contributed by atoms with Crippen LogP contribution in [0.2, 0.25) is 0 Å². The number of aromatic hydroxyl groups is 1. The van der Waals surface area contributed by atoms with Crippen molar-refractivity contribution in [2.24, 2.45) is 0 Å². The van der Waals surface area contributed by atoms with Crippen LogP contribution in [0.4, 0.5) is 0 Å². The van der Waals surface area contributed by atoms with Gasteiger partial charge >= 0.3 is 0 Å². The molecular formula is C22H20N2O3. The third-order valence-electron chi connectivity index (χ3n) is 4.37. The van der Waals surface area contributed by atoms with Crippen molar-refractivity contribution in [3.8, 4) is 22.9 Å². The van der Waals surface area contributed by atoms with Gasteiger partial charge in [-0.2, -0.15) is 0 Å². The molecule has 2 N–H and O–H groups in total. The summed E-state index contributed by atoms with van der Waals surface area (Å²) in [6, 6.07) is 21.1. The fourth-order valence-electron chi connectivity index (χ4n) is 3.01. The maximum atomic E-state index is 9.63. The molecule has 0 aliphatic heterocycles. The molecule has 0 atom stereocenters. The van der Waals surface area contributed by atoms with E-state index in [1.165, 1.54) is 0 Å². The van der Waals surface area contributed by atoms with Gasteiger partial charge in [0, 0.05) is 6.07 Å². The molecule has 0 saturated heterocycles. The molecule has 0 fully saturated rings. The number of aromatic amines is 1. The predicted molar refractivity (Wildman–Crippen MR) is 105 cm³/mol. The Morgan fingerprint density at radius 1 is 0.926 bits per heavy atom. The number of H-pyrrole nitrogens is 1. The van der Waals surface area contributed by atoms with Crippen molar-refractivity contribution in [2.75, 3.05) is 7.11 Å². The third kappa shape index (κ3) is 3.78. The van der Waals surface area contributed by atoms with Crippen molar-refractivity contribution in [3.05, 3.63) is 77.9 Å². The predicted octanol–water partition coefficient (Wildman–Crippen LogP) is 4.66. The summed E-state index contributed by atoms with van der Waals surface area (Å²) in [7, 11) is 1.57. The number of hydrogen-bond donors (Lipinski definition) is 2. The molecule has 5 heteroatoms. The van der Waals surface area contributed by atoms with Crippen LogP contribution in [0, 0.1) is 0 Å². The van der Waals surface area contributed by atoms with E-state index in [0.717, 1.165) is 27.7 Å². The van der Waals surface area contributed by atoms with Gasteiger partial charge in [-0.3, -0.25) is 0 Å². The minimum atomic E-state index is 0.157. The lowest BCUT2D eigenvalue weighted by Crippen LogP contribution is -1.93. The SMILES string of the molecule is COc1cc(O)ccc1-c1nc2ccc(COCc3ccccc3)cc2[nH]1. The van der Waals surface area contributed by atoms with E-state index in [-0.39, 0.29) is 5.75 Å². The fourth-order valence-corrected chi connectivity index (χ4v) is 3.01. The van der Waals surface area contributed by atoms with Crippen LogP contribution in [0.3, 0.4) is 0 Å². The molecule has 0 spiro atoms. The topological polar surface area (TPSA) is 67.4 Å². The van der Waals surface area contributed by atoms with Gasteiger partial charge in [-0.25, -0.2) is 4.98 Å². The summed E-state index contributed by atoms with van der Waals surface area (Å²) in [5.41, 5.74) is 4.83. The number of methoxy groups -OCH3 is 1. The van der Waals surface area contributed by atoms with Crippen LogP contribution < -0.4 is 4.74 Å². The maximum Gasteiger partial charge on any atom is 0.142 e. The number of ether oxygens (including phenoxy) is 2. The van der Waals surface area contributed by atoms with E-state index < -0.39 is 0 Å². The van der Waals surface area contributed by atoms with Crippen LogP contribution in [-0.2, 0) is 18.0 Å². The van der Waals surface area contributed by atoms with E-state index in [2.05, 4.69) is 22.1 Å². The van der Waals surface area contributed by atoms with Crippen LogP contribution >= 0.6 is 0 Å². The Balaban J connectivity index is 1.53. The highest BCUT2D eigenvalue weighted by atomic mass is 16.5. The first kappa shape index (κ1) is 17.1. The van der Waals surface area contributed by atoms with Gasteiger partial charge in [-0.15, -0.1) is 0 Å². The summed E-state index contributed by atoms with van der Waals surface area (Å²) < 4.78 is 11.2. The molecule has 0 amide bonds. The highest BCUT2D eigenvalue weighted by Crippen LogP contribution is 2.32. The summed E-state index contributed by atoms with van der Waals surface area (Å²) in [5, 5.41) is 9.63. The molecule has 3 aromatic carbocycles. The third-order valence-corrected chi connectivity index (χ3v) is 4.37. The van der Waals surface area contributed by atoms with E-state index >= 15 is 0 Å². The lowest BCUT2D eigenvalue weighted by molar-refractivity contribution is 0.107. The molecule has 0 aliphatic carbocycles. The second-order valence-corrected chi connectivity index (χ2v) is 6.30. The quantitative estimate of drug-likeness (QED) is 0.525. The number of imidazole rings is 1. The average Bonchev–Trinajstić information content (AvgIpc) is 3.11. The fraction of sp³-hybridized carbons (Fsp3) is 0.136. The second kappa shape index (κ2) is 7.51. The zero-order chi connectivity index (χ0) is 18.6. The number of hydrogen-bond acceptors (Lipinski definition) is 4. The van der Waals surface area contributed by atoms with Crippen LogP contribution in [0.5, 0.6) is 11.5 Å². The first-order valence-electron chi connectivity index (χ1n) is 8.70. The van der Waals surface area contributed by atoms with Gasteiger partial charge in [0.2, 0.25) is 0 Å². The number of phenolic OH excluding ortho intramolecular Hbond substituents is 1. The molecule has 4 aromatic rings. The largest absolute Gasteiger partial charge is 0.508 e. The van der Waals surface area contributed by atoms with Crippen molar-refractivity contribution >= 4 is 11.0 Å². The summed E-state index contributed by atoms with van der Waals surface area (Å²) in [6.07, 6.45) is 0. The lowest BCUT2D eigenvalue weighted by Gasteiger charge is -2.06. The zero-order valence-corrected chi connectivity index (χ0v) is 15.0. The second-order valence-electron chi connectivity index (χ2n) is 6.30. The molecule has 136 valence electrons. The van der Waals surface area contributed by atoms with Gasteiger partial charge in [0.1, 0.15) is 17.3 Å². The van der Waals surface area contributed by atoms with Gasteiger partial charge in [0.15, 0.2) is 0 Å². The molecule has 4 rings (SSSR count). The highest BCUT2D eigenvalue weighted by Gasteiger charge is 2.12. The van der Waals surface area contributed by atoms with Crippen molar-refractivity contribution in [1.29, 1.82) is 0 Å². The summed E-state index contributed by atoms with van der Waals surface area (Å²) in [6.45, 7) is 1.11. The van der Waals surface area contributed by atoms with Crippen molar-refractivity contribution in [3.63, 3.8) is 0 Å². The Morgan fingerprint density at radius 3 is 2.56 bits per heavy atom. The number of phenols is 1. The molecule has 1 heterocycles. The number of benzene rings is 3.